The Morgan fingerprint density at radius 1 is 1.13 bits per heavy atom. The van der Waals surface area contributed by atoms with E-state index in [9.17, 15) is 18.0 Å². The molecule has 0 aromatic heterocycles. The van der Waals surface area contributed by atoms with E-state index in [1.54, 1.807) is 0 Å². The average Bonchev–Trinajstić information content (AvgIpc) is 2.51. The Bertz CT molecular complexity index is 638. The molecule has 0 saturated heterocycles. The van der Waals surface area contributed by atoms with Gasteiger partial charge in [0.05, 0.1) is 18.4 Å². The van der Waals surface area contributed by atoms with E-state index in [1.165, 1.54) is 31.4 Å². The Balaban J connectivity index is 2.62. The van der Waals surface area contributed by atoms with Gasteiger partial charge in [-0.05, 0) is 30.2 Å². The van der Waals surface area contributed by atoms with Gasteiger partial charge < -0.3 is 10.1 Å². The SMILES string of the molecule is COC(=O)CCC(=O)Nc1ccc(S(=O)(=O)NCC(C)C)cc1. The number of hydrogen-bond donors (Lipinski definition) is 2. The third-order valence-electron chi connectivity index (χ3n) is 2.91. The fraction of sp³-hybridized carbons (Fsp3) is 0.467. The van der Waals surface area contributed by atoms with Crippen LogP contribution in [0.25, 0.3) is 0 Å². The molecular weight excluding hydrogens is 320 g/mol. The summed E-state index contributed by atoms with van der Waals surface area (Å²) in [5, 5.41) is 2.59. The van der Waals surface area contributed by atoms with Crippen LogP contribution in [0.15, 0.2) is 29.2 Å². The summed E-state index contributed by atoms with van der Waals surface area (Å²) in [7, 11) is -2.29. The van der Waals surface area contributed by atoms with Crippen molar-refractivity contribution < 1.29 is 22.7 Å². The Kier molecular flexibility index (Phi) is 7.18. The van der Waals surface area contributed by atoms with E-state index < -0.39 is 16.0 Å². The second kappa shape index (κ2) is 8.64. The third-order valence-corrected chi connectivity index (χ3v) is 4.35. The zero-order chi connectivity index (χ0) is 17.5. The lowest BCUT2D eigenvalue weighted by Gasteiger charge is -2.10. The van der Waals surface area contributed by atoms with Crippen LogP contribution in [0.1, 0.15) is 26.7 Å². The summed E-state index contributed by atoms with van der Waals surface area (Å²) in [6, 6.07) is 5.83. The molecule has 0 heterocycles. The maximum Gasteiger partial charge on any atom is 0.306 e. The summed E-state index contributed by atoms with van der Waals surface area (Å²) >= 11 is 0. The number of methoxy groups -OCH3 is 1. The number of anilines is 1. The molecule has 128 valence electrons. The molecule has 0 aliphatic carbocycles. The normalized spacial score (nSPS) is 11.3. The predicted molar refractivity (Wildman–Crippen MR) is 86.3 cm³/mol. The molecule has 0 bridgehead atoms. The third kappa shape index (κ3) is 6.79. The summed E-state index contributed by atoms with van der Waals surface area (Å²) in [4.78, 5) is 22.7. The van der Waals surface area contributed by atoms with Gasteiger partial charge >= 0.3 is 5.97 Å². The first-order chi connectivity index (χ1) is 10.7. The monoisotopic (exact) mass is 342 g/mol. The summed E-state index contributed by atoms with van der Waals surface area (Å²) in [6.45, 7) is 4.18. The number of amides is 1. The van der Waals surface area contributed by atoms with Crippen LogP contribution >= 0.6 is 0 Å². The van der Waals surface area contributed by atoms with Crippen LogP contribution < -0.4 is 10.0 Å². The first kappa shape index (κ1) is 19.1. The Morgan fingerprint density at radius 2 is 1.74 bits per heavy atom. The van der Waals surface area contributed by atoms with E-state index in [1.807, 2.05) is 13.8 Å². The van der Waals surface area contributed by atoms with Gasteiger partial charge in [-0.3, -0.25) is 9.59 Å². The van der Waals surface area contributed by atoms with E-state index in [4.69, 9.17) is 0 Å². The lowest BCUT2D eigenvalue weighted by Crippen LogP contribution is -2.27. The van der Waals surface area contributed by atoms with Crippen molar-refractivity contribution in [3.63, 3.8) is 0 Å². The largest absolute Gasteiger partial charge is 0.469 e. The topological polar surface area (TPSA) is 102 Å². The Hall–Kier alpha value is -1.93. The minimum absolute atomic E-state index is 0.00265. The number of carbonyl (C=O) groups excluding carboxylic acids is 2. The van der Waals surface area contributed by atoms with Crippen LogP contribution in [0, 0.1) is 5.92 Å². The van der Waals surface area contributed by atoms with Crippen molar-refractivity contribution in [3.05, 3.63) is 24.3 Å². The van der Waals surface area contributed by atoms with E-state index in [0.29, 0.717) is 12.2 Å². The van der Waals surface area contributed by atoms with Gasteiger partial charge in [0.25, 0.3) is 0 Å². The summed E-state index contributed by atoms with van der Waals surface area (Å²) < 4.78 is 31.0. The summed E-state index contributed by atoms with van der Waals surface area (Å²) in [5.74, 6) is -0.597. The zero-order valence-corrected chi connectivity index (χ0v) is 14.3. The number of esters is 1. The van der Waals surface area contributed by atoms with Crippen molar-refractivity contribution >= 4 is 27.6 Å². The minimum Gasteiger partial charge on any atom is -0.469 e. The number of benzene rings is 1. The molecule has 7 nitrogen and oxygen atoms in total. The molecular formula is C15H22N2O5S. The van der Waals surface area contributed by atoms with Crippen molar-refractivity contribution in [1.29, 1.82) is 0 Å². The maximum atomic E-state index is 12.0. The molecule has 0 atom stereocenters. The van der Waals surface area contributed by atoms with Gasteiger partial charge in [0.1, 0.15) is 0 Å². The highest BCUT2D eigenvalue weighted by atomic mass is 32.2. The van der Waals surface area contributed by atoms with Gasteiger partial charge in [-0.2, -0.15) is 0 Å². The lowest BCUT2D eigenvalue weighted by atomic mass is 10.2. The smallest absolute Gasteiger partial charge is 0.306 e. The number of nitrogens with one attached hydrogen (secondary N) is 2. The van der Waals surface area contributed by atoms with Crippen LogP contribution in [-0.2, 0) is 24.3 Å². The van der Waals surface area contributed by atoms with Crippen LogP contribution in [0.3, 0.4) is 0 Å². The Labute approximate surface area is 136 Å². The standard InChI is InChI=1S/C15H22N2O5S/c1-11(2)10-16-23(20,21)13-6-4-12(5-7-13)17-14(18)8-9-15(19)22-3/h4-7,11,16H,8-10H2,1-3H3,(H,17,18). The van der Waals surface area contributed by atoms with Crippen molar-refractivity contribution in [3.8, 4) is 0 Å². The molecule has 0 radical (unpaired) electrons. The van der Waals surface area contributed by atoms with Crippen molar-refractivity contribution in [2.24, 2.45) is 5.92 Å². The van der Waals surface area contributed by atoms with Crippen molar-refractivity contribution in [1.82, 2.24) is 4.72 Å². The van der Waals surface area contributed by atoms with E-state index in [-0.39, 0.29) is 29.6 Å². The Morgan fingerprint density at radius 3 is 2.26 bits per heavy atom. The fourth-order valence-corrected chi connectivity index (χ4v) is 2.83. The number of carbonyl (C=O) groups is 2. The van der Waals surface area contributed by atoms with Crippen LogP contribution in [0.5, 0.6) is 0 Å². The minimum atomic E-state index is -3.55. The molecule has 23 heavy (non-hydrogen) atoms. The lowest BCUT2D eigenvalue weighted by molar-refractivity contribution is -0.141. The van der Waals surface area contributed by atoms with Gasteiger partial charge in [0.2, 0.25) is 15.9 Å². The second-order valence-electron chi connectivity index (χ2n) is 5.39. The summed E-state index contributed by atoms with van der Waals surface area (Å²) in [5.41, 5.74) is 0.461. The van der Waals surface area contributed by atoms with Crippen LogP contribution in [0.2, 0.25) is 0 Å². The number of sulfonamides is 1. The molecule has 8 heteroatoms. The maximum absolute atomic E-state index is 12.0. The van der Waals surface area contributed by atoms with Crippen molar-refractivity contribution in [2.75, 3.05) is 19.0 Å². The zero-order valence-electron chi connectivity index (χ0n) is 13.5. The molecule has 1 aromatic carbocycles. The first-order valence-electron chi connectivity index (χ1n) is 7.21. The van der Waals surface area contributed by atoms with Gasteiger partial charge in [-0.25, -0.2) is 13.1 Å². The van der Waals surface area contributed by atoms with Crippen LogP contribution in [0.4, 0.5) is 5.69 Å². The van der Waals surface area contributed by atoms with Crippen LogP contribution in [-0.4, -0.2) is 33.9 Å². The summed E-state index contributed by atoms with van der Waals surface area (Å²) in [6.07, 6.45) is -0.00339. The van der Waals surface area contributed by atoms with E-state index in [2.05, 4.69) is 14.8 Å². The quantitative estimate of drug-likeness (QED) is 0.697. The molecule has 2 N–H and O–H groups in total. The number of rotatable bonds is 8. The highest BCUT2D eigenvalue weighted by Crippen LogP contribution is 2.14. The second-order valence-corrected chi connectivity index (χ2v) is 7.16. The number of hydrogen-bond acceptors (Lipinski definition) is 5. The molecule has 0 spiro atoms. The molecule has 0 aliphatic rings. The predicted octanol–water partition coefficient (Wildman–Crippen LogP) is 1.51. The van der Waals surface area contributed by atoms with Gasteiger partial charge in [-0.15, -0.1) is 0 Å². The van der Waals surface area contributed by atoms with Gasteiger partial charge in [0, 0.05) is 18.7 Å². The highest BCUT2D eigenvalue weighted by Gasteiger charge is 2.14. The highest BCUT2D eigenvalue weighted by molar-refractivity contribution is 7.89. The molecule has 0 fully saturated rings. The van der Waals surface area contributed by atoms with Gasteiger partial charge in [-0.1, -0.05) is 13.8 Å². The molecule has 1 aromatic rings. The van der Waals surface area contributed by atoms with E-state index >= 15 is 0 Å². The number of ether oxygens (including phenoxy) is 1. The fourth-order valence-electron chi connectivity index (χ4n) is 1.62. The van der Waals surface area contributed by atoms with E-state index in [0.717, 1.165) is 0 Å². The molecule has 1 amide bonds. The average molecular weight is 342 g/mol. The van der Waals surface area contributed by atoms with Crippen molar-refractivity contribution in [2.45, 2.75) is 31.6 Å². The molecule has 1 rings (SSSR count). The molecule has 0 saturated carbocycles. The van der Waals surface area contributed by atoms with Gasteiger partial charge in [0.15, 0.2) is 0 Å². The molecule has 0 aliphatic heterocycles. The molecule has 0 unspecified atom stereocenters. The first-order valence-corrected chi connectivity index (χ1v) is 8.69.